The van der Waals surface area contributed by atoms with Crippen LogP contribution in [0.5, 0.6) is 0 Å². The summed E-state index contributed by atoms with van der Waals surface area (Å²) in [5, 5.41) is 3.29. The molecule has 70 valence electrons. The largest absolute Gasteiger partial charge is 0.330 e. The van der Waals surface area contributed by atoms with Crippen molar-refractivity contribution in [1.82, 2.24) is 5.32 Å². The van der Waals surface area contributed by atoms with Gasteiger partial charge in [-0.25, -0.2) is 0 Å². The van der Waals surface area contributed by atoms with Crippen molar-refractivity contribution in [1.29, 1.82) is 0 Å². The van der Waals surface area contributed by atoms with Crippen molar-refractivity contribution in [2.45, 2.75) is 19.3 Å². The summed E-state index contributed by atoms with van der Waals surface area (Å²) in [6.07, 6.45) is 3.37. The first kappa shape index (κ1) is 13.8. The van der Waals surface area contributed by atoms with E-state index in [-0.39, 0.29) is 13.5 Å². The third-order valence-corrected chi connectivity index (χ3v) is 1.37. The Morgan fingerprint density at radius 2 is 1.36 bits per heavy atom. The number of hydrogen-bond acceptors (Lipinski definition) is 3. The first-order chi connectivity index (χ1) is 4.91. The van der Waals surface area contributed by atoms with Crippen LogP contribution in [0, 0.1) is 0 Å². The second-order valence-corrected chi connectivity index (χ2v) is 2.39. The molecule has 11 heavy (non-hydrogen) atoms. The number of nitrogens with one attached hydrogen (secondary N) is 1. The molecule has 0 amide bonds. The lowest BCUT2D eigenvalue weighted by atomic mass is 10.3. The van der Waals surface area contributed by atoms with Crippen LogP contribution in [0.25, 0.3) is 0 Å². The van der Waals surface area contributed by atoms with E-state index >= 15 is 0 Å². The average Bonchev–Trinajstić information content (AvgIpc) is 1.97. The van der Waals surface area contributed by atoms with Gasteiger partial charge >= 0.3 is 0 Å². The molecule has 0 fully saturated rings. The second kappa shape index (κ2) is 12.9. The van der Waals surface area contributed by atoms with Crippen molar-refractivity contribution in [3.63, 3.8) is 0 Å². The van der Waals surface area contributed by atoms with Gasteiger partial charge in [-0.2, -0.15) is 13.5 Å². The van der Waals surface area contributed by atoms with E-state index in [1.807, 2.05) is 0 Å². The Balaban J connectivity index is 0. The molecule has 0 aromatic heterocycles. The lowest BCUT2D eigenvalue weighted by molar-refractivity contribution is 0.611. The molecule has 0 aliphatic heterocycles. The SMILES string of the molecule is NCCCCNCCCN.S. The Hall–Kier alpha value is 0.230. The molecule has 0 bridgehead atoms. The van der Waals surface area contributed by atoms with Gasteiger partial charge in [0.2, 0.25) is 0 Å². The fourth-order valence-corrected chi connectivity index (χ4v) is 0.746. The molecule has 0 rings (SSSR count). The maximum Gasteiger partial charge on any atom is -0.00369 e. The van der Waals surface area contributed by atoms with Gasteiger partial charge in [0.1, 0.15) is 0 Å². The molecule has 0 saturated carbocycles. The summed E-state index contributed by atoms with van der Waals surface area (Å²) in [7, 11) is 0. The van der Waals surface area contributed by atoms with Crippen molar-refractivity contribution in [2.75, 3.05) is 26.2 Å². The number of hydrogen-bond donors (Lipinski definition) is 3. The van der Waals surface area contributed by atoms with Crippen LogP contribution >= 0.6 is 13.5 Å². The molecule has 0 unspecified atom stereocenters. The van der Waals surface area contributed by atoms with E-state index in [4.69, 9.17) is 11.5 Å². The van der Waals surface area contributed by atoms with Crippen LogP contribution in [0.2, 0.25) is 0 Å². The molecule has 0 atom stereocenters. The normalized spacial score (nSPS) is 9.27. The summed E-state index contributed by atoms with van der Waals surface area (Å²) < 4.78 is 0. The van der Waals surface area contributed by atoms with Gasteiger partial charge in [0, 0.05) is 0 Å². The zero-order valence-electron chi connectivity index (χ0n) is 7.10. The van der Waals surface area contributed by atoms with Crippen LogP contribution in [0.4, 0.5) is 0 Å². The maximum atomic E-state index is 5.32. The Labute approximate surface area is 76.4 Å². The minimum atomic E-state index is 0. The predicted octanol–water partition coefficient (Wildman–Crippen LogP) is -0.223. The molecule has 0 radical (unpaired) electrons. The average molecular weight is 179 g/mol. The Morgan fingerprint density at radius 1 is 0.818 bits per heavy atom. The quantitative estimate of drug-likeness (QED) is 0.473. The van der Waals surface area contributed by atoms with Crippen LogP contribution in [-0.4, -0.2) is 26.2 Å². The molecular weight excluding hydrogens is 158 g/mol. The van der Waals surface area contributed by atoms with Gasteiger partial charge in [0.25, 0.3) is 0 Å². The first-order valence-corrected chi connectivity index (χ1v) is 4.02. The molecule has 0 heterocycles. The number of rotatable bonds is 7. The van der Waals surface area contributed by atoms with Crippen LogP contribution in [0.3, 0.4) is 0 Å². The third-order valence-electron chi connectivity index (χ3n) is 1.37. The molecule has 0 aliphatic rings. The highest BCUT2D eigenvalue weighted by Crippen LogP contribution is 1.81. The van der Waals surface area contributed by atoms with E-state index in [1.165, 1.54) is 6.42 Å². The van der Waals surface area contributed by atoms with Crippen molar-refractivity contribution >= 4 is 13.5 Å². The second-order valence-electron chi connectivity index (χ2n) is 2.39. The predicted molar refractivity (Wildman–Crippen MR) is 55.2 cm³/mol. The summed E-state index contributed by atoms with van der Waals surface area (Å²) >= 11 is 0. The van der Waals surface area contributed by atoms with E-state index in [2.05, 4.69) is 5.32 Å². The van der Waals surface area contributed by atoms with Crippen molar-refractivity contribution in [3.05, 3.63) is 0 Å². The summed E-state index contributed by atoms with van der Waals surface area (Å²) in [6.45, 7) is 3.71. The Kier molecular flexibility index (Phi) is 16.1. The fraction of sp³-hybridized carbons (Fsp3) is 1.00. The Morgan fingerprint density at radius 3 is 1.91 bits per heavy atom. The van der Waals surface area contributed by atoms with Crippen molar-refractivity contribution in [2.24, 2.45) is 11.5 Å². The number of nitrogens with two attached hydrogens (primary N) is 2. The maximum absolute atomic E-state index is 5.32. The van der Waals surface area contributed by atoms with Gasteiger partial charge in [0.05, 0.1) is 0 Å². The molecule has 0 aromatic carbocycles. The summed E-state index contributed by atoms with van der Waals surface area (Å²) in [4.78, 5) is 0. The first-order valence-electron chi connectivity index (χ1n) is 4.02. The summed E-state index contributed by atoms with van der Waals surface area (Å²) in [6, 6.07) is 0. The van der Waals surface area contributed by atoms with Gasteiger partial charge in [-0.3, -0.25) is 0 Å². The minimum absolute atomic E-state index is 0. The monoisotopic (exact) mass is 179 g/mol. The van der Waals surface area contributed by atoms with Gasteiger partial charge in [-0.05, 0) is 45.4 Å². The summed E-state index contributed by atoms with van der Waals surface area (Å²) in [5.41, 5.74) is 10.6. The molecule has 4 heteroatoms. The zero-order chi connectivity index (χ0) is 7.66. The smallest absolute Gasteiger partial charge is 0.00369 e. The lowest BCUT2D eigenvalue weighted by Crippen LogP contribution is -2.19. The minimum Gasteiger partial charge on any atom is -0.330 e. The summed E-state index contributed by atoms with van der Waals surface area (Å²) in [5.74, 6) is 0. The van der Waals surface area contributed by atoms with E-state index in [0.717, 1.165) is 39.0 Å². The van der Waals surface area contributed by atoms with Crippen LogP contribution < -0.4 is 16.8 Å². The Bertz CT molecular complexity index is 53.6. The lowest BCUT2D eigenvalue weighted by Gasteiger charge is -2.01. The molecule has 0 saturated heterocycles. The van der Waals surface area contributed by atoms with Crippen LogP contribution in [-0.2, 0) is 0 Å². The molecule has 0 aliphatic carbocycles. The van der Waals surface area contributed by atoms with Crippen LogP contribution in [0.15, 0.2) is 0 Å². The van der Waals surface area contributed by atoms with E-state index < -0.39 is 0 Å². The third kappa shape index (κ3) is 13.3. The highest BCUT2D eigenvalue weighted by Gasteiger charge is 1.85. The molecule has 5 N–H and O–H groups in total. The zero-order valence-corrected chi connectivity index (χ0v) is 8.10. The van der Waals surface area contributed by atoms with Gasteiger partial charge in [0.15, 0.2) is 0 Å². The van der Waals surface area contributed by atoms with Crippen molar-refractivity contribution in [3.8, 4) is 0 Å². The highest BCUT2D eigenvalue weighted by atomic mass is 32.1. The van der Waals surface area contributed by atoms with Gasteiger partial charge in [-0.1, -0.05) is 0 Å². The van der Waals surface area contributed by atoms with Gasteiger partial charge < -0.3 is 16.8 Å². The molecule has 3 nitrogen and oxygen atoms in total. The molecular formula is C7H21N3S. The van der Waals surface area contributed by atoms with Crippen LogP contribution in [0.1, 0.15) is 19.3 Å². The molecule has 0 spiro atoms. The molecule has 0 aromatic rings. The fourth-order valence-electron chi connectivity index (χ4n) is 0.746. The standard InChI is InChI=1S/C7H19N3.H2S/c8-4-1-2-6-10-7-3-5-9;/h10H,1-9H2;1H2. The van der Waals surface area contributed by atoms with Crippen molar-refractivity contribution < 1.29 is 0 Å². The number of unbranched alkanes of at least 4 members (excludes halogenated alkanes) is 1. The topological polar surface area (TPSA) is 64.1 Å². The van der Waals surface area contributed by atoms with E-state index in [0.29, 0.717) is 0 Å². The van der Waals surface area contributed by atoms with Gasteiger partial charge in [-0.15, -0.1) is 0 Å². The van der Waals surface area contributed by atoms with E-state index in [9.17, 15) is 0 Å². The highest BCUT2D eigenvalue weighted by molar-refractivity contribution is 7.59. The van der Waals surface area contributed by atoms with E-state index in [1.54, 1.807) is 0 Å².